The van der Waals surface area contributed by atoms with Crippen LogP contribution in [-0.4, -0.2) is 47.3 Å². The molecule has 1 nitrogen and oxygen atoms in total. The lowest BCUT2D eigenvalue weighted by molar-refractivity contribution is -0.455. The lowest BCUT2D eigenvalue weighted by atomic mass is 9.85. The van der Waals surface area contributed by atoms with Gasteiger partial charge in [-0.3, -0.25) is 0 Å². The third kappa shape index (κ3) is 3.55. The van der Waals surface area contributed by atoms with Crippen molar-refractivity contribution in [3.8, 4) is 0 Å². The number of rotatable bonds is 4. The second-order valence-electron chi connectivity index (χ2n) is 4.42. The average Bonchev–Trinajstić information content (AvgIpc) is 2.21. The quantitative estimate of drug-likeness (QED) is 0.648. The minimum absolute atomic E-state index is 6.71. The number of alkyl halides is 16. The fraction of sp³-hybridized carbons (Fsp3) is 1.00. The van der Waals surface area contributed by atoms with Gasteiger partial charge in [0.25, 0.3) is 0 Å². The molecule has 0 saturated carbocycles. The first-order chi connectivity index (χ1) is 10.4. The van der Waals surface area contributed by atoms with E-state index in [1.807, 2.05) is 0 Å². The van der Waals surface area contributed by atoms with Crippen LogP contribution in [0.3, 0.4) is 0 Å². The summed E-state index contributed by atoms with van der Waals surface area (Å²) in [5.74, 6) is -38.4. The van der Waals surface area contributed by atoms with E-state index in [4.69, 9.17) is 5.11 Å². The molecule has 0 radical (unpaired) electrons. The highest BCUT2D eigenvalue weighted by molar-refractivity contribution is 5.08. The van der Waals surface area contributed by atoms with Gasteiger partial charge < -0.3 is 5.11 Å². The number of hydrogen-bond acceptors (Lipinski definition) is 1. The van der Waals surface area contributed by atoms with Crippen LogP contribution in [0.2, 0.25) is 0 Å². The summed E-state index contributed by atoms with van der Waals surface area (Å²) < 4.78 is 197. The summed E-state index contributed by atoms with van der Waals surface area (Å²) in [5, 5.41) is 7.96. The Labute approximate surface area is 125 Å². The Hall–Kier alpha value is -1.16. The van der Waals surface area contributed by atoms with Gasteiger partial charge >= 0.3 is 42.2 Å². The first-order valence-electron chi connectivity index (χ1n) is 5.11. The maximum atomic E-state index is 13.1. The third-order valence-electron chi connectivity index (χ3n) is 2.64. The molecule has 0 fully saturated rings. The van der Waals surface area contributed by atoms with Crippen molar-refractivity contribution in [1.82, 2.24) is 0 Å². The molecular weight excluding hydrogens is 416 g/mol. The Balaban J connectivity index is 6.67. The van der Waals surface area contributed by atoms with Gasteiger partial charge in [-0.1, -0.05) is 0 Å². The van der Waals surface area contributed by atoms with Gasteiger partial charge in [0.15, 0.2) is 5.92 Å². The third-order valence-corrected chi connectivity index (χ3v) is 2.64. The van der Waals surface area contributed by atoms with Crippen LogP contribution in [0, 0.1) is 5.92 Å². The van der Waals surface area contributed by atoms with E-state index in [9.17, 15) is 70.2 Å². The molecule has 0 aromatic carbocycles. The number of hydrogen-bond donors (Lipinski definition) is 1. The maximum absolute atomic E-state index is 13.1. The highest BCUT2D eigenvalue weighted by atomic mass is 19.4. The zero-order valence-electron chi connectivity index (χ0n) is 10.6. The zero-order chi connectivity index (χ0) is 21.1. The summed E-state index contributed by atoms with van der Waals surface area (Å²) in [4.78, 5) is 0. The molecule has 0 aliphatic carbocycles. The lowest BCUT2D eigenvalue weighted by Crippen LogP contribution is -2.70. The molecule has 0 aromatic heterocycles. The lowest BCUT2D eigenvalue weighted by Gasteiger charge is -2.41. The van der Waals surface area contributed by atoms with Gasteiger partial charge in [0.2, 0.25) is 0 Å². The van der Waals surface area contributed by atoms with Crippen LogP contribution in [0.5, 0.6) is 0 Å². The highest BCUT2D eigenvalue weighted by Gasteiger charge is 2.89. The van der Waals surface area contributed by atoms with Crippen molar-refractivity contribution in [2.75, 3.05) is 0 Å². The van der Waals surface area contributed by atoms with Crippen molar-refractivity contribution in [1.29, 1.82) is 0 Å². The molecule has 2 atom stereocenters. The molecule has 0 aromatic rings. The van der Waals surface area contributed by atoms with Gasteiger partial charge in [0, 0.05) is 0 Å². The predicted molar refractivity (Wildman–Crippen MR) is 42.6 cm³/mol. The predicted octanol–water partition coefficient (Wildman–Crippen LogP) is 4.85. The smallest absolute Gasteiger partial charge is 0.354 e. The molecule has 0 aliphatic heterocycles. The van der Waals surface area contributed by atoms with Gasteiger partial charge in [0.05, 0.1) is 0 Å². The molecule has 0 heterocycles. The number of halogens is 16. The van der Waals surface area contributed by atoms with Crippen LogP contribution < -0.4 is 0 Å². The van der Waals surface area contributed by atoms with E-state index in [1.165, 1.54) is 0 Å². The van der Waals surface area contributed by atoms with Crippen molar-refractivity contribution in [2.45, 2.75) is 42.2 Å². The molecule has 0 bridgehead atoms. The Morgan fingerprint density at radius 3 is 1.00 bits per heavy atom. The Bertz CT molecular complexity index is 478. The van der Waals surface area contributed by atoms with Gasteiger partial charge in [-0.15, -0.1) is 0 Å². The molecule has 0 spiro atoms. The molecule has 0 aliphatic rings. The van der Waals surface area contributed by atoms with E-state index in [2.05, 4.69) is 0 Å². The molecular formula is C8H2F16O. The van der Waals surface area contributed by atoms with Crippen molar-refractivity contribution in [2.24, 2.45) is 5.92 Å². The van der Waals surface area contributed by atoms with Gasteiger partial charge in [0.1, 0.15) is 0 Å². The van der Waals surface area contributed by atoms with Crippen LogP contribution in [0.25, 0.3) is 0 Å². The Morgan fingerprint density at radius 1 is 0.480 bits per heavy atom. The monoisotopic (exact) mass is 418 g/mol. The minimum Gasteiger partial charge on any atom is -0.354 e. The molecule has 2 unspecified atom stereocenters. The first-order valence-corrected chi connectivity index (χ1v) is 5.11. The maximum Gasteiger partial charge on any atom is 0.460 e. The second-order valence-corrected chi connectivity index (χ2v) is 4.42. The normalized spacial score (nSPS) is 19.6. The minimum atomic E-state index is -8.23. The van der Waals surface area contributed by atoms with E-state index in [-0.39, 0.29) is 0 Å². The fourth-order valence-electron chi connectivity index (χ4n) is 1.39. The number of aliphatic hydroxyl groups is 1. The fourth-order valence-corrected chi connectivity index (χ4v) is 1.39. The van der Waals surface area contributed by atoms with Crippen molar-refractivity contribution in [3.63, 3.8) is 0 Å². The average molecular weight is 418 g/mol. The molecule has 0 amide bonds. The largest absolute Gasteiger partial charge is 0.460 e. The van der Waals surface area contributed by atoms with E-state index < -0.39 is 48.1 Å². The summed E-state index contributed by atoms with van der Waals surface area (Å²) in [6, 6.07) is 0. The second kappa shape index (κ2) is 5.67. The van der Waals surface area contributed by atoms with E-state index in [0.717, 1.165) is 0 Å². The Morgan fingerprint density at radius 2 is 0.800 bits per heavy atom. The Kier molecular flexibility index (Phi) is 5.41. The summed E-state index contributed by atoms with van der Waals surface area (Å²) in [5.41, 5.74) is 0. The topological polar surface area (TPSA) is 20.2 Å². The van der Waals surface area contributed by atoms with Gasteiger partial charge in [-0.2, -0.15) is 65.9 Å². The highest BCUT2D eigenvalue weighted by Crippen LogP contribution is 2.61. The summed E-state index contributed by atoms with van der Waals surface area (Å²) in [7, 11) is 0. The summed E-state index contributed by atoms with van der Waals surface area (Å²) >= 11 is 0. The summed E-state index contributed by atoms with van der Waals surface area (Å²) in [6.45, 7) is 0. The molecule has 152 valence electrons. The summed E-state index contributed by atoms with van der Waals surface area (Å²) in [6.07, 6.45) is -22.6. The molecule has 0 saturated heterocycles. The van der Waals surface area contributed by atoms with E-state index in [1.54, 1.807) is 0 Å². The van der Waals surface area contributed by atoms with E-state index >= 15 is 0 Å². The molecule has 1 N–H and O–H groups in total. The zero-order valence-corrected chi connectivity index (χ0v) is 10.6. The van der Waals surface area contributed by atoms with Crippen LogP contribution in [0.1, 0.15) is 0 Å². The standard InChI is InChI=1S/C8H2F16O/c9-2(10,5(15,16)6(17,18)8(22,23)24)1(4(12,13)14)3(11,25)7(19,20)21/h1,25H. The molecule has 25 heavy (non-hydrogen) atoms. The van der Waals surface area contributed by atoms with Crippen LogP contribution in [0.4, 0.5) is 70.2 Å². The van der Waals surface area contributed by atoms with Crippen molar-refractivity contribution in [3.05, 3.63) is 0 Å². The SMILES string of the molecule is OC(F)(C(C(F)(F)F)C(F)(F)C(F)(F)C(F)(F)C(F)(F)F)C(F)(F)F. The molecule has 0 rings (SSSR count). The van der Waals surface area contributed by atoms with Crippen molar-refractivity contribution >= 4 is 0 Å². The van der Waals surface area contributed by atoms with Crippen molar-refractivity contribution < 1.29 is 75.4 Å². The van der Waals surface area contributed by atoms with Crippen LogP contribution in [-0.2, 0) is 0 Å². The first kappa shape index (κ1) is 23.8. The molecule has 17 heteroatoms. The van der Waals surface area contributed by atoms with E-state index in [0.29, 0.717) is 0 Å². The van der Waals surface area contributed by atoms with Crippen LogP contribution >= 0.6 is 0 Å². The van der Waals surface area contributed by atoms with Crippen LogP contribution in [0.15, 0.2) is 0 Å². The van der Waals surface area contributed by atoms with Gasteiger partial charge in [-0.05, 0) is 0 Å². The van der Waals surface area contributed by atoms with Gasteiger partial charge in [-0.25, -0.2) is 4.39 Å².